The van der Waals surface area contributed by atoms with Crippen molar-refractivity contribution in [2.24, 2.45) is 5.92 Å². The molecule has 0 aliphatic carbocycles. The van der Waals surface area contributed by atoms with Gasteiger partial charge in [0.15, 0.2) is 0 Å². The zero-order chi connectivity index (χ0) is 14.4. The Hall–Kier alpha value is -1.43. The smallest absolute Gasteiger partial charge is 0.303 e. The van der Waals surface area contributed by atoms with Crippen LogP contribution in [0.1, 0.15) is 47.1 Å². The number of carboxylic acid groups (broad SMARTS) is 1. The minimum Gasteiger partial charge on any atom is -0.481 e. The van der Waals surface area contributed by atoms with E-state index in [1.807, 2.05) is 6.92 Å². The molecule has 0 saturated carbocycles. The third-order valence-electron chi connectivity index (χ3n) is 2.47. The number of nitrogens with one attached hydrogen (secondary N) is 1. The van der Waals surface area contributed by atoms with E-state index in [4.69, 9.17) is 5.11 Å². The summed E-state index contributed by atoms with van der Waals surface area (Å²) < 4.78 is 0. The summed E-state index contributed by atoms with van der Waals surface area (Å²) in [7, 11) is 0. The third-order valence-corrected chi connectivity index (χ3v) is 3.48. The predicted octanol–water partition coefficient (Wildman–Crippen LogP) is 2.24. The fourth-order valence-corrected chi connectivity index (χ4v) is 2.56. The molecule has 6 heteroatoms. The summed E-state index contributed by atoms with van der Waals surface area (Å²) in [6.45, 7) is 6.44. The van der Waals surface area contributed by atoms with Gasteiger partial charge in [0.05, 0.1) is 10.7 Å². The summed E-state index contributed by atoms with van der Waals surface area (Å²) in [5.74, 6) is -0.546. The molecular weight excluding hydrogens is 264 g/mol. The third kappa shape index (κ3) is 5.38. The Balaban J connectivity index is 2.58. The molecule has 1 amide bonds. The highest BCUT2D eigenvalue weighted by Gasteiger charge is 2.17. The maximum absolute atomic E-state index is 12.0. The maximum Gasteiger partial charge on any atom is 0.303 e. The van der Waals surface area contributed by atoms with Crippen LogP contribution in [0.25, 0.3) is 0 Å². The maximum atomic E-state index is 12.0. The Kier molecular flexibility index (Phi) is 5.95. The van der Waals surface area contributed by atoms with Crippen molar-refractivity contribution in [2.75, 3.05) is 6.54 Å². The molecule has 1 rings (SSSR count). The fraction of sp³-hybridized carbons (Fsp3) is 0.615. The number of nitrogens with zero attached hydrogens (tertiary/aromatic N) is 1. The number of hydrogen-bond acceptors (Lipinski definition) is 4. The van der Waals surface area contributed by atoms with Crippen molar-refractivity contribution in [2.45, 2.75) is 40.0 Å². The first-order valence-corrected chi connectivity index (χ1v) is 7.18. The lowest BCUT2D eigenvalue weighted by Crippen LogP contribution is -2.25. The Morgan fingerprint density at radius 3 is 2.68 bits per heavy atom. The number of carbonyl (C=O) groups excluding carboxylic acids is 1. The highest BCUT2D eigenvalue weighted by atomic mass is 32.1. The Morgan fingerprint density at radius 2 is 2.11 bits per heavy atom. The number of hydrogen-bond donors (Lipinski definition) is 2. The minimum atomic E-state index is -0.844. The SMILES string of the molecule is Cc1nc(CC(C)C)c(C(=O)NCCCC(=O)O)s1. The number of aromatic nitrogens is 1. The van der Waals surface area contributed by atoms with Crippen molar-refractivity contribution in [1.82, 2.24) is 10.3 Å². The van der Waals surface area contributed by atoms with E-state index in [-0.39, 0.29) is 12.3 Å². The van der Waals surface area contributed by atoms with Gasteiger partial charge in [-0.05, 0) is 25.7 Å². The molecule has 106 valence electrons. The molecule has 19 heavy (non-hydrogen) atoms. The van der Waals surface area contributed by atoms with E-state index in [0.29, 0.717) is 23.8 Å². The summed E-state index contributed by atoms with van der Waals surface area (Å²) in [6, 6.07) is 0. The van der Waals surface area contributed by atoms with Crippen LogP contribution in [0.5, 0.6) is 0 Å². The summed E-state index contributed by atoms with van der Waals surface area (Å²) in [5.41, 5.74) is 0.841. The number of thiazole rings is 1. The molecule has 1 aromatic heterocycles. The molecule has 0 aliphatic heterocycles. The topological polar surface area (TPSA) is 79.3 Å². The lowest BCUT2D eigenvalue weighted by Gasteiger charge is -2.06. The highest BCUT2D eigenvalue weighted by molar-refractivity contribution is 7.13. The second kappa shape index (κ2) is 7.23. The Morgan fingerprint density at radius 1 is 1.42 bits per heavy atom. The number of carbonyl (C=O) groups is 2. The lowest BCUT2D eigenvalue weighted by atomic mass is 10.1. The number of aryl methyl sites for hydroxylation is 1. The fourth-order valence-electron chi connectivity index (χ4n) is 1.69. The van der Waals surface area contributed by atoms with Crippen LogP contribution < -0.4 is 5.32 Å². The van der Waals surface area contributed by atoms with E-state index in [0.717, 1.165) is 17.1 Å². The zero-order valence-electron chi connectivity index (χ0n) is 11.5. The van der Waals surface area contributed by atoms with E-state index in [1.165, 1.54) is 11.3 Å². The Bertz CT molecular complexity index is 455. The van der Waals surface area contributed by atoms with Gasteiger partial charge in [-0.2, -0.15) is 0 Å². The van der Waals surface area contributed by atoms with Crippen molar-refractivity contribution in [3.05, 3.63) is 15.6 Å². The number of rotatable bonds is 7. The molecule has 0 saturated heterocycles. The first-order valence-electron chi connectivity index (χ1n) is 6.36. The van der Waals surface area contributed by atoms with Crippen molar-refractivity contribution < 1.29 is 14.7 Å². The minimum absolute atomic E-state index is 0.0703. The molecule has 1 heterocycles. The summed E-state index contributed by atoms with van der Waals surface area (Å²) in [4.78, 5) is 27.4. The lowest BCUT2D eigenvalue weighted by molar-refractivity contribution is -0.137. The predicted molar refractivity (Wildman–Crippen MR) is 74.6 cm³/mol. The van der Waals surface area contributed by atoms with Crippen LogP contribution in [-0.2, 0) is 11.2 Å². The molecule has 5 nitrogen and oxygen atoms in total. The molecule has 0 fully saturated rings. The molecule has 1 aromatic rings. The summed E-state index contributed by atoms with van der Waals surface area (Å²) >= 11 is 1.39. The van der Waals surface area contributed by atoms with Crippen LogP contribution in [0.15, 0.2) is 0 Å². The average Bonchev–Trinajstić information content (AvgIpc) is 2.64. The monoisotopic (exact) mass is 284 g/mol. The standard InChI is InChI=1S/C13H20N2O3S/c1-8(2)7-10-12(19-9(3)15-10)13(18)14-6-4-5-11(16)17/h8H,4-7H2,1-3H3,(H,14,18)(H,16,17). The van der Waals surface area contributed by atoms with Crippen LogP contribution in [0.2, 0.25) is 0 Å². The number of amides is 1. The Labute approximate surface area is 117 Å². The zero-order valence-corrected chi connectivity index (χ0v) is 12.3. The molecule has 0 unspecified atom stereocenters. The van der Waals surface area contributed by atoms with Gasteiger partial charge in [0.1, 0.15) is 4.88 Å². The molecule has 0 atom stereocenters. The van der Waals surface area contributed by atoms with Gasteiger partial charge in [-0.1, -0.05) is 13.8 Å². The van der Waals surface area contributed by atoms with Gasteiger partial charge in [0.2, 0.25) is 0 Å². The quantitative estimate of drug-likeness (QED) is 0.753. The van der Waals surface area contributed by atoms with Gasteiger partial charge in [-0.3, -0.25) is 9.59 Å². The molecule has 0 radical (unpaired) electrons. The molecule has 2 N–H and O–H groups in total. The van der Waals surface area contributed by atoms with E-state index in [9.17, 15) is 9.59 Å². The average molecular weight is 284 g/mol. The normalized spacial score (nSPS) is 10.7. The largest absolute Gasteiger partial charge is 0.481 e. The first-order chi connectivity index (χ1) is 8.90. The van der Waals surface area contributed by atoms with E-state index < -0.39 is 5.97 Å². The summed E-state index contributed by atoms with van der Waals surface area (Å²) in [6.07, 6.45) is 1.29. The molecule has 0 bridgehead atoms. The van der Waals surface area contributed by atoms with Crippen LogP contribution in [0.4, 0.5) is 0 Å². The second-order valence-corrected chi connectivity index (χ2v) is 6.06. The van der Waals surface area contributed by atoms with Crippen molar-refractivity contribution >= 4 is 23.2 Å². The van der Waals surface area contributed by atoms with E-state index in [2.05, 4.69) is 24.1 Å². The van der Waals surface area contributed by atoms with Crippen LogP contribution in [0.3, 0.4) is 0 Å². The summed E-state index contributed by atoms with van der Waals surface area (Å²) in [5, 5.41) is 12.2. The second-order valence-electron chi connectivity index (χ2n) is 4.86. The molecule has 0 aromatic carbocycles. The number of carboxylic acids is 1. The van der Waals surface area contributed by atoms with Crippen LogP contribution >= 0.6 is 11.3 Å². The van der Waals surface area contributed by atoms with E-state index >= 15 is 0 Å². The molecule has 0 spiro atoms. The first kappa shape index (κ1) is 15.6. The van der Waals surface area contributed by atoms with Crippen LogP contribution in [-0.4, -0.2) is 28.5 Å². The van der Waals surface area contributed by atoms with Gasteiger partial charge in [-0.15, -0.1) is 11.3 Å². The number of aliphatic carboxylic acids is 1. The van der Waals surface area contributed by atoms with Crippen molar-refractivity contribution in [3.63, 3.8) is 0 Å². The molecular formula is C13H20N2O3S. The van der Waals surface area contributed by atoms with E-state index in [1.54, 1.807) is 0 Å². The van der Waals surface area contributed by atoms with Crippen LogP contribution in [0, 0.1) is 12.8 Å². The van der Waals surface area contributed by atoms with Gasteiger partial charge >= 0.3 is 5.97 Å². The van der Waals surface area contributed by atoms with Crippen molar-refractivity contribution in [1.29, 1.82) is 0 Å². The van der Waals surface area contributed by atoms with Gasteiger partial charge in [-0.25, -0.2) is 4.98 Å². The molecule has 0 aliphatic rings. The highest BCUT2D eigenvalue weighted by Crippen LogP contribution is 2.20. The van der Waals surface area contributed by atoms with Gasteiger partial charge < -0.3 is 10.4 Å². The van der Waals surface area contributed by atoms with Gasteiger partial charge in [0.25, 0.3) is 5.91 Å². The van der Waals surface area contributed by atoms with Gasteiger partial charge in [0, 0.05) is 13.0 Å². The van der Waals surface area contributed by atoms with Crippen molar-refractivity contribution in [3.8, 4) is 0 Å².